The lowest BCUT2D eigenvalue weighted by Gasteiger charge is -2.22. The molecule has 0 spiro atoms. The van der Waals surface area contributed by atoms with Crippen molar-refractivity contribution in [2.45, 2.75) is 32.7 Å². The molecule has 0 aliphatic carbocycles. The molecule has 2 nitrogen and oxygen atoms in total. The van der Waals surface area contributed by atoms with Gasteiger partial charge in [-0.25, -0.2) is 0 Å². The van der Waals surface area contributed by atoms with Crippen molar-refractivity contribution in [1.82, 2.24) is 10.2 Å². The second-order valence-electron chi connectivity index (χ2n) is 4.61. The minimum atomic E-state index is 0.487. The third kappa shape index (κ3) is 5.33. The Bertz CT molecular complexity index is 284. The van der Waals surface area contributed by atoms with Gasteiger partial charge in [-0.05, 0) is 45.1 Å². The van der Waals surface area contributed by atoms with Crippen LogP contribution < -0.4 is 5.32 Å². The third-order valence-corrected chi connectivity index (χ3v) is 3.06. The number of hydrogen-bond donors (Lipinski definition) is 1. The van der Waals surface area contributed by atoms with Gasteiger partial charge in [0.15, 0.2) is 0 Å². The van der Waals surface area contributed by atoms with E-state index in [0.29, 0.717) is 6.04 Å². The van der Waals surface area contributed by atoms with Crippen molar-refractivity contribution in [1.29, 1.82) is 0 Å². The standard InChI is InChI=1S/C15H26N2/c1-4-12-17(3)13-11-15(16-5-2)14-9-7-6-8-10-14/h6-10,15-16H,4-5,11-13H2,1-3H3. The van der Waals surface area contributed by atoms with E-state index < -0.39 is 0 Å². The maximum absolute atomic E-state index is 3.57. The molecule has 0 amide bonds. The van der Waals surface area contributed by atoms with Gasteiger partial charge in [-0.15, -0.1) is 0 Å². The second-order valence-corrected chi connectivity index (χ2v) is 4.61. The molecule has 1 N–H and O–H groups in total. The van der Waals surface area contributed by atoms with Gasteiger partial charge in [0.25, 0.3) is 0 Å². The smallest absolute Gasteiger partial charge is 0.0332 e. The quantitative estimate of drug-likeness (QED) is 0.743. The van der Waals surface area contributed by atoms with E-state index in [-0.39, 0.29) is 0 Å². The van der Waals surface area contributed by atoms with Crippen LogP contribution in [0.15, 0.2) is 30.3 Å². The maximum Gasteiger partial charge on any atom is 0.0332 e. The third-order valence-electron chi connectivity index (χ3n) is 3.06. The van der Waals surface area contributed by atoms with E-state index in [9.17, 15) is 0 Å². The number of nitrogens with zero attached hydrogens (tertiary/aromatic N) is 1. The average molecular weight is 234 g/mol. The van der Waals surface area contributed by atoms with Crippen molar-refractivity contribution in [2.75, 3.05) is 26.7 Å². The molecule has 96 valence electrons. The molecule has 1 aromatic rings. The molecular weight excluding hydrogens is 208 g/mol. The molecule has 1 atom stereocenters. The lowest BCUT2D eigenvalue weighted by Crippen LogP contribution is -2.27. The Morgan fingerprint density at radius 2 is 1.82 bits per heavy atom. The summed E-state index contributed by atoms with van der Waals surface area (Å²) in [5, 5.41) is 3.57. The summed E-state index contributed by atoms with van der Waals surface area (Å²) in [5.41, 5.74) is 1.40. The van der Waals surface area contributed by atoms with E-state index >= 15 is 0 Å². The zero-order valence-electron chi connectivity index (χ0n) is 11.4. The van der Waals surface area contributed by atoms with Crippen molar-refractivity contribution in [2.24, 2.45) is 0 Å². The van der Waals surface area contributed by atoms with E-state index in [0.717, 1.165) is 13.1 Å². The topological polar surface area (TPSA) is 15.3 Å². The molecule has 1 unspecified atom stereocenters. The van der Waals surface area contributed by atoms with Crippen LogP contribution >= 0.6 is 0 Å². The van der Waals surface area contributed by atoms with Crippen molar-refractivity contribution >= 4 is 0 Å². The molecule has 1 aromatic carbocycles. The first-order chi connectivity index (χ1) is 8.27. The van der Waals surface area contributed by atoms with Crippen LogP contribution in [0.4, 0.5) is 0 Å². The summed E-state index contributed by atoms with van der Waals surface area (Å²) in [5.74, 6) is 0. The van der Waals surface area contributed by atoms with Crippen LogP contribution in [0.5, 0.6) is 0 Å². The summed E-state index contributed by atoms with van der Waals surface area (Å²) in [7, 11) is 2.21. The van der Waals surface area contributed by atoms with Crippen molar-refractivity contribution < 1.29 is 0 Å². The molecule has 0 aromatic heterocycles. The van der Waals surface area contributed by atoms with Gasteiger partial charge in [0.05, 0.1) is 0 Å². The van der Waals surface area contributed by atoms with Gasteiger partial charge in [-0.2, -0.15) is 0 Å². The van der Waals surface area contributed by atoms with Crippen LogP contribution in [0.25, 0.3) is 0 Å². The molecule has 17 heavy (non-hydrogen) atoms. The molecule has 0 aliphatic rings. The Labute approximate surface area is 106 Å². The Balaban J connectivity index is 2.49. The largest absolute Gasteiger partial charge is 0.310 e. The van der Waals surface area contributed by atoms with Crippen LogP contribution in [0.3, 0.4) is 0 Å². The zero-order chi connectivity index (χ0) is 12.5. The van der Waals surface area contributed by atoms with Gasteiger partial charge < -0.3 is 10.2 Å². The highest BCUT2D eigenvalue weighted by Gasteiger charge is 2.10. The number of benzene rings is 1. The number of nitrogens with one attached hydrogen (secondary N) is 1. The van der Waals surface area contributed by atoms with Gasteiger partial charge in [0, 0.05) is 6.04 Å². The van der Waals surface area contributed by atoms with Crippen LogP contribution in [0.2, 0.25) is 0 Å². The molecule has 0 bridgehead atoms. The summed E-state index contributed by atoms with van der Waals surface area (Å²) in [6.45, 7) is 7.77. The predicted molar refractivity (Wildman–Crippen MR) is 75.3 cm³/mol. The fraction of sp³-hybridized carbons (Fsp3) is 0.600. The first-order valence-electron chi connectivity index (χ1n) is 6.74. The fourth-order valence-corrected chi connectivity index (χ4v) is 2.16. The van der Waals surface area contributed by atoms with Gasteiger partial charge in [-0.3, -0.25) is 0 Å². The highest BCUT2D eigenvalue weighted by Crippen LogP contribution is 2.16. The van der Waals surface area contributed by atoms with E-state index in [2.05, 4.69) is 61.4 Å². The van der Waals surface area contributed by atoms with Crippen molar-refractivity contribution in [3.8, 4) is 0 Å². The lowest BCUT2D eigenvalue weighted by atomic mass is 10.0. The molecule has 0 radical (unpaired) electrons. The molecule has 0 fully saturated rings. The average Bonchev–Trinajstić information content (AvgIpc) is 2.36. The maximum atomic E-state index is 3.57. The monoisotopic (exact) mass is 234 g/mol. The molecule has 0 aliphatic heterocycles. The Morgan fingerprint density at radius 1 is 1.12 bits per heavy atom. The minimum Gasteiger partial charge on any atom is -0.310 e. The van der Waals surface area contributed by atoms with E-state index in [4.69, 9.17) is 0 Å². The van der Waals surface area contributed by atoms with E-state index in [1.165, 1.54) is 24.9 Å². The second kappa shape index (κ2) is 8.26. The molecule has 0 saturated heterocycles. The summed E-state index contributed by atoms with van der Waals surface area (Å²) >= 11 is 0. The number of hydrogen-bond acceptors (Lipinski definition) is 2. The van der Waals surface area contributed by atoms with E-state index in [1.54, 1.807) is 0 Å². The molecule has 0 saturated carbocycles. The highest BCUT2D eigenvalue weighted by atomic mass is 15.1. The molecular formula is C15H26N2. The highest BCUT2D eigenvalue weighted by molar-refractivity contribution is 5.18. The summed E-state index contributed by atoms with van der Waals surface area (Å²) in [6, 6.07) is 11.2. The van der Waals surface area contributed by atoms with Crippen LogP contribution in [-0.4, -0.2) is 31.6 Å². The Kier molecular flexibility index (Phi) is 6.90. The number of rotatable bonds is 8. The normalized spacial score (nSPS) is 12.9. The van der Waals surface area contributed by atoms with Gasteiger partial charge in [-0.1, -0.05) is 44.2 Å². The van der Waals surface area contributed by atoms with Crippen molar-refractivity contribution in [3.63, 3.8) is 0 Å². The van der Waals surface area contributed by atoms with Crippen molar-refractivity contribution in [3.05, 3.63) is 35.9 Å². The summed E-state index contributed by atoms with van der Waals surface area (Å²) in [4.78, 5) is 2.41. The molecule has 2 heteroatoms. The Hall–Kier alpha value is -0.860. The predicted octanol–water partition coefficient (Wildman–Crippen LogP) is 3.07. The fourth-order valence-electron chi connectivity index (χ4n) is 2.16. The molecule has 0 heterocycles. The summed E-state index contributed by atoms with van der Waals surface area (Å²) in [6.07, 6.45) is 2.40. The van der Waals surface area contributed by atoms with Gasteiger partial charge in [0.1, 0.15) is 0 Å². The zero-order valence-corrected chi connectivity index (χ0v) is 11.4. The first kappa shape index (κ1) is 14.2. The molecule has 1 rings (SSSR count). The lowest BCUT2D eigenvalue weighted by molar-refractivity contribution is 0.309. The minimum absolute atomic E-state index is 0.487. The Morgan fingerprint density at radius 3 is 2.41 bits per heavy atom. The SMILES string of the molecule is CCCN(C)CCC(NCC)c1ccccc1. The van der Waals surface area contributed by atoms with Gasteiger partial charge >= 0.3 is 0 Å². The summed E-state index contributed by atoms with van der Waals surface area (Å²) < 4.78 is 0. The van der Waals surface area contributed by atoms with Crippen LogP contribution in [-0.2, 0) is 0 Å². The van der Waals surface area contributed by atoms with Gasteiger partial charge in [0.2, 0.25) is 0 Å². The van der Waals surface area contributed by atoms with E-state index in [1.807, 2.05) is 0 Å². The van der Waals surface area contributed by atoms with Crippen LogP contribution in [0.1, 0.15) is 38.3 Å². The first-order valence-corrected chi connectivity index (χ1v) is 6.74. The van der Waals surface area contributed by atoms with Crippen LogP contribution in [0, 0.1) is 0 Å².